The number of nitrogens with two attached hydrogens (primary N) is 1. The Morgan fingerprint density at radius 3 is 2.57 bits per heavy atom. The molecule has 0 unspecified atom stereocenters. The van der Waals surface area contributed by atoms with E-state index in [4.69, 9.17) is 5.73 Å². The molecule has 0 fully saturated rings. The highest BCUT2D eigenvalue weighted by Gasteiger charge is 2.13. The van der Waals surface area contributed by atoms with Crippen LogP contribution in [0.15, 0.2) is 53.0 Å². The van der Waals surface area contributed by atoms with Crippen LogP contribution in [0, 0.1) is 0 Å². The summed E-state index contributed by atoms with van der Waals surface area (Å²) in [4.78, 5) is 12.0. The van der Waals surface area contributed by atoms with E-state index in [0.29, 0.717) is 13.0 Å². The smallest absolute Gasteiger partial charge is 0.237 e. The molecule has 2 aromatic carbocycles. The second-order valence-electron chi connectivity index (χ2n) is 4.82. The summed E-state index contributed by atoms with van der Waals surface area (Å²) in [5.74, 6) is 0.00878. The minimum atomic E-state index is -0.610. The van der Waals surface area contributed by atoms with Crippen LogP contribution in [0.3, 0.4) is 0 Å². The van der Waals surface area contributed by atoms with Crippen molar-refractivity contribution < 1.29 is 9.90 Å². The number of rotatable bonds is 5. The Morgan fingerprint density at radius 1 is 1.19 bits per heavy atom. The number of hydrogen-bond donors (Lipinski definition) is 3. The first-order valence-electron chi connectivity index (χ1n) is 6.60. The highest BCUT2D eigenvalue weighted by molar-refractivity contribution is 9.10. The summed E-state index contributed by atoms with van der Waals surface area (Å²) >= 11 is 3.39. The number of nitrogens with one attached hydrogen (secondary N) is 1. The molecule has 0 aromatic heterocycles. The molecule has 0 aliphatic carbocycles. The number of phenolic OH excluding ortho intramolecular Hbond substituents is 1. The Hall–Kier alpha value is -1.85. The highest BCUT2D eigenvalue weighted by atomic mass is 79.9. The molecule has 0 heterocycles. The second-order valence-corrected chi connectivity index (χ2v) is 5.74. The normalized spacial score (nSPS) is 11.9. The van der Waals surface area contributed by atoms with Gasteiger partial charge in [0.05, 0.1) is 6.04 Å². The predicted octanol–water partition coefficient (Wildman–Crippen LogP) is 2.34. The van der Waals surface area contributed by atoms with Gasteiger partial charge in [0.15, 0.2) is 0 Å². The Morgan fingerprint density at radius 2 is 1.90 bits per heavy atom. The van der Waals surface area contributed by atoms with Crippen molar-refractivity contribution in [2.45, 2.75) is 19.0 Å². The fourth-order valence-corrected chi connectivity index (χ4v) is 2.39. The van der Waals surface area contributed by atoms with Crippen molar-refractivity contribution in [3.05, 3.63) is 64.1 Å². The predicted molar refractivity (Wildman–Crippen MR) is 85.8 cm³/mol. The van der Waals surface area contributed by atoms with Crippen molar-refractivity contribution in [2.75, 3.05) is 0 Å². The molecule has 4 N–H and O–H groups in total. The third-order valence-electron chi connectivity index (χ3n) is 3.08. The summed E-state index contributed by atoms with van der Waals surface area (Å²) in [6.07, 6.45) is 0.435. The van der Waals surface area contributed by atoms with Gasteiger partial charge in [0.2, 0.25) is 5.91 Å². The molecule has 0 saturated carbocycles. The van der Waals surface area contributed by atoms with Crippen molar-refractivity contribution in [2.24, 2.45) is 5.73 Å². The lowest BCUT2D eigenvalue weighted by atomic mass is 10.1. The Balaban J connectivity index is 1.86. The fourth-order valence-electron chi connectivity index (χ4n) is 1.95. The first-order chi connectivity index (χ1) is 10.0. The molecule has 1 amide bonds. The maximum Gasteiger partial charge on any atom is 0.237 e. The number of aromatic hydroxyl groups is 1. The number of carbonyl (C=O) groups is 1. The molecule has 0 aliphatic rings. The number of benzene rings is 2. The van der Waals surface area contributed by atoms with E-state index in [2.05, 4.69) is 21.2 Å². The lowest BCUT2D eigenvalue weighted by molar-refractivity contribution is -0.122. The van der Waals surface area contributed by atoms with Crippen LogP contribution in [0.2, 0.25) is 0 Å². The molecule has 0 bridgehead atoms. The van der Waals surface area contributed by atoms with Gasteiger partial charge in [-0.05, 0) is 41.8 Å². The molecule has 0 radical (unpaired) electrons. The number of amides is 1. The van der Waals surface area contributed by atoms with E-state index in [9.17, 15) is 9.90 Å². The summed E-state index contributed by atoms with van der Waals surface area (Å²) in [5, 5.41) is 12.0. The Labute approximate surface area is 132 Å². The molecule has 0 spiro atoms. The zero-order valence-corrected chi connectivity index (χ0v) is 13.0. The first-order valence-corrected chi connectivity index (χ1v) is 7.39. The quantitative estimate of drug-likeness (QED) is 0.776. The van der Waals surface area contributed by atoms with Gasteiger partial charge in [-0.1, -0.05) is 40.2 Å². The second kappa shape index (κ2) is 7.24. The van der Waals surface area contributed by atoms with Crippen LogP contribution in [0.5, 0.6) is 5.75 Å². The number of phenols is 1. The zero-order valence-electron chi connectivity index (χ0n) is 11.4. The van der Waals surface area contributed by atoms with E-state index in [1.54, 1.807) is 24.3 Å². The van der Waals surface area contributed by atoms with Crippen LogP contribution >= 0.6 is 15.9 Å². The number of halogens is 1. The van der Waals surface area contributed by atoms with Gasteiger partial charge >= 0.3 is 0 Å². The molecule has 4 nitrogen and oxygen atoms in total. The number of hydrogen-bond acceptors (Lipinski definition) is 3. The van der Waals surface area contributed by atoms with Gasteiger partial charge in [0.1, 0.15) is 5.75 Å². The molecule has 1 atom stereocenters. The summed E-state index contributed by atoms with van der Waals surface area (Å²) in [6, 6.07) is 13.8. The van der Waals surface area contributed by atoms with Crippen molar-refractivity contribution in [3.63, 3.8) is 0 Å². The van der Waals surface area contributed by atoms with E-state index in [1.807, 2.05) is 24.3 Å². The third kappa shape index (κ3) is 4.88. The molecule has 110 valence electrons. The van der Waals surface area contributed by atoms with E-state index in [0.717, 1.165) is 15.6 Å². The average molecular weight is 349 g/mol. The van der Waals surface area contributed by atoms with Gasteiger partial charge in [-0.25, -0.2) is 0 Å². The van der Waals surface area contributed by atoms with E-state index >= 15 is 0 Å². The Kier molecular flexibility index (Phi) is 5.36. The van der Waals surface area contributed by atoms with Gasteiger partial charge in [0, 0.05) is 11.0 Å². The van der Waals surface area contributed by atoms with Gasteiger partial charge in [-0.2, -0.15) is 0 Å². The summed E-state index contributed by atoms with van der Waals surface area (Å²) in [7, 11) is 0. The van der Waals surface area contributed by atoms with E-state index in [1.165, 1.54) is 0 Å². The zero-order chi connectivity index (χ0) is 15.2. The largest absolute Gasteiger partial charge is 0.508 e. The SMILES string of the molecule is N[C@H](Cc1ccc(O)cc1)C(=O)NCc1cccc(Br)c1. The molecule has 0 saturated heterocycles. The molecule has 21 heavy (non-hydrogen) atoms. The van der Waals surface area contributed by atoms with Crippen molar-refractivity contribution in [1.29, 1.82) is 0 Å². The molecular formula is C16H17BrN2O2. The molecule has 2 aromatic rings. The standard InChI is InChI=1S/C16H17BrN2O2/c17-13-3-1-2-12(8-13)10-19-16(21)15(18)9-11-4-6-14(20)7-5-11/h1-8,15,20H,9-10,18H2,(H,19,21)/t15-/m1/s1. The lowest BCUT2D eigenvalue weighted by Gasteiger charge is -2.12. The maximum absolute atomic E-state index is 12.0. The molecule has 5 heteroatoms. The number of carbonyl (C=O) groups excluding carboxylic acids is 1. The Bertz CT molecular complexity index is 614. The van der Waals surface area contributed by atoms with Crippen LogP contribution in [-0.4, -0.2) is 17.1 Å². The molecular weight excluding hydrogens is 332 g/mol. The van der Waals surface area contributed by atoms with Crippen molar-refractivity contribution >= 4 is 21.8 Å². The minimum absolute atomic E-state index is 0.192. The van der Waals surface area contributed by atoms with Crippen LogP contribution in [0.25, 0.3) is 0 Å². The van der Waals surface area contributed by atoms with Crippen LogP contribution < -0.4 is 11.1 Å². The van der Waals surface area contributed by atoms with E-state index in [-0.39, 0.29) is 11.7 Å². The summed E-state index contributed by atoms with van der Waals surface area (Å²) in [6.45, 7) is 0.446. The monoisotopic (exact) mass is 348 g/mol. The van der Waals surface area contributed by atoms with E-state index < -0.39 is 6.04 Å². The summed E-state index contributed by atoms with van der Waals surface area (Å²) < 4.78 is 0.975. The van der Waals surface area contributed by atoms with Crippen LogP contribution in [0.1, 0.15) is 11.1 Å². The molecule has 0 aliphatic heterocycles. The van der Waals surface area contributed by atoms with Crippen molar-refractivity contribution in [3.8, 4) is 5.75 Å². The first kappa shape index (κ1) is 15.5. The van der Waals surface area contributed by atoms with Gasteiger partial charge in [-0.15, -0.1) is 0 Å². The van der Waals surface area contributed by atoms with Gasteiger partial charge < -0.3 is 16.2 Å². The fraction of sp³-hybridized carbons (Fsp3) is 0.188. The highest BCUT2D eigenvalue weighted by Crippen LogP contribution is 2.12. The maximum atomic E-state index is 12.0. The topological polar surface area (TPSA) is 75.3 Å². The summed E-state index contributed by atoms with van der Waals surface area (Å²) in [5.41, 5.74) is 7.82. The molecule has 2 rings (SSSR count). The lowest BCUT2D eigenvalue weighted by Crippen LogP contribution is -2.41. The van der Waals surface area contributed by atoms with Crippen LogP contribution in [-0.2, 0) is 17.8 Å². The average Bonchev–Trinajstić information content (AvgIpc) is 2.47. The van der Waals surface area contributed by atoms with Crippen molar-refractivity contribution in [1.82, 2.24) is 5.32 Å². The third-order valence-corrected chi connectivity index (χ3v) is 3.58. The van der Waals surface area contributed by atoms with Crippen LogP contribution in [0.4, 0.5) is 0 Å². The minimum Gasteiger partial charge on any atom is -0.508 e. The van der Waals surface area contributed by atoms with Gasteiger partial charge in [0.25, 0.3) is 0 Å². The van der Waals surface area contributed by atoms with Gasteiger partial charge in [-0.3, -0.25) is 4.79 Å².